The molecule has 1 rings (SSSR count). The molecule has 0 spiro atoms. The number of nitrogens with zero attached hydrogens (tertiary/aromatic N) is 1. The van der Waals surface area contributed by atoms with Crippen LogP contribution in [0.15, 0.2) is 16.0 Å². The fourth-order valence-corrected chi connectivity index (χ4v) is 1.96. The smallest absolute Gasteiger partial charge is 0.316 e. The summed E-state index contributed by atoms with van der Waals surface area (Å²) in [7, 11) is 0. The molecule has 0 unspecified atom stereocenters. The Hall–Kier alpha value is -1.34. The molecule has 0 amide bonds. The van der Waals surface area contributed by atoms with Gasteiger partial charge in [-0.15, -0.1) is 0 Å². The summed E-state index contributed by atoms with van der Waals surface area (Å²) in [6, 6.07) is 1.39. The summed E-state index contributed by atoms with van der Waals surface area (Å²) in [5.41, 5.74) is 0.290. The second-order valence-electron chi connectivity index (χ2n) is 4.41. The molecule has 0 radical (unpaired) electrons. The molecule has 0 saturated carbocycles. The third kappa shape index (κ3) is 6.72. The molecule has 1 aromatic rings. The first-order valence-corrected chi connectivity index (χ1v) is 7.50. The van der Waals surface area contributed by atoms with Crippen molar-refractivity contribution in [3.63, 3.8) is 0 Å². The van der Waals surface area contributed by atoms with E-state index in [4.69, 9.17) is 9.47 Å². The molecule has 112 valence electrons. The van der Waals surface area contributed by atoms with Crippen molar-refractivity contribution < 1.29 is 14.3 Å². The standard InChI is InChI=1S/C13H20N2O4S/c1-4-5-18-12(17)8-20-13-14-10(6-11(16)15-13)7-19-9(2)3/h6,9H,4-5,7-8H2,1-3H3,(H,14,15,16). The first-order chi connectivity index (χ1) is 9.51. The second kappa shape index (κ2) is 8.76. The molecule has 7 heteroatoms. The Labute approximate surface area is 122 Å². The molecule has 0 atom stereocenters. The van der Waals surface area contributed by atoms with Crippen molar-refractivity contribution in [3.8, 4) is 0 Å². The minimum atomic E-state index is -0.316. The zero-order chi connectivity index (χ0) is 15.0. The molecule has 1 heterocycles. The molecule has 0 aliphatic heterocycles. The first kappa shape index (κ1) is 16.7. The van der Waals surface area contributed by atoms with E-state index in [1.54, 1.807) is 0 Å². The van der Waals surface area contributed by atoms with Gasteiger partial charge in [-0.25, -0.2) is 4.98 Å². The number of hydrogen-bond donors (Lipinski definition) is 1. The van der Waals surface area contributed by atoms with Crippen molar-refractivity contribution in [2.75, 3.05) is 12.4 Å². The van der Waals surface area contributed by atoms with Crippen molar-refractivity contribution in [3.05, 3.63) is 22.1 Å². The lowest BCUT2D eigenvalue weighted by Crippen LogP contribution is -2.14. The van der Waals surface area contributed by atoms with Crippen LogP contribution < -0.4 is 5.56 Å². The predicted octanol–water partition coefficient (Wildman–Crippen LogP) is 1.74. The third-order valence-electron chi connectivity index (χ3n) is 2.13. The van der Waals surface area contributed by atoms with Crippen LogP contribution in [0.5, 0.6) is 0 Å². The molecule has 0 aliphatic carbocycles. The Morgan fingerprint density at radius 1 is 1.50 bits per heavy atom. The number of nitrogens with one attached hydrogen (secondary N) is 1. The largest absolute Gasteiger partial charge is 0.465 e. The number of esters is 1. The number of thioether (sulfide) groups is 1. The summed E-state index contributed by atoms with van der Waals surface area (Å²) in [5.74, 6) is -0.194. The third-order valence-corrected chi connectivity index (χ3v) is 2.98. The number of rotatable bonds is 8. The highest BCUT2D eigenvalue weighted by atomic mass is 32.2. The fraction of sp³-hybridized carbons (Fsp3) is 0.615. The molecule has 0 aromatic carbocycles. The van der Waals surface area contributed by atoms with Crippen molar-refractivity contribution in [1.29, 1.82) is 0 Å². The monoisotopic (exact) mass is 300 g/mol. The number of aromatic nitrogens is 2. The summed E-state index contributed by atoms with van der Waals surface area (Å²) in [6.45, 7) is 6.43. The van der Waals surface area contributed by atoms with Crippen molar-refractivity contribution in [1.82, 2.24) is 9.97 Å². The number of hydrogen-bond acceptors (Lipinski definition) is 6. The van der Waals surface area contributed by atoms with E-state index in [2.05, 4.69) is 9.97 Å². The van der Waals surface area contributed by atoms with Crippen LogP contribution in [0.2, 0.25) is 0 Å². The fourth-order valence-electron chi connectivity index (χ4n) is 1.26. The molecule has 20 heavy (non-hydrogen) atoms. The van der Waals surface area contributed by atoms with Gasteiger partial charge >= 0.3 is 5.97 Å². The average molecular weight is 300 g/mol. The minimum absolute atomic E-state index is 0.0659. The Bertz CT molecular complexity index is 488. The molecule has 6 nitrogen and oxygen atoms in total. The van der Waals surface area contributed by atoms with Crippen molar-refractivity contribution in [2.45, 2.75) is 45.1 Å². The Morgan fingerprint density at radius 3 is 2.90 bits per heavy atom. The van der Waals surface area contributed by atoms with Gasteiger partial charge < -0.3 is 14.5 Å². The molecular weight excluding hydrogens is 280 g/mol. The van der Waals surface area contributed by atoms with Gasteiger partial charge in [-0.1, -0.05) is 18.7 Å². The van der Waals surface area contributed by atoms with E-state index in [-0.39, 0.29) is 30.0 Å². The lowest BCUT2D eigenvalue weighted by atomic mass is 10.4. The van der Waals surface area contributed by atoms with E-state index in [1.807, 2.05) is 20.8 Å². The first-order valence-electron chi connectivity index (χ1n) is 6.51. The number of carbonyl (C=O) groups excluding carboxylic acids is 1. The maximum atomic E-state index is 11.5. The van der Waals surface area contributed by atoms with Gasteiger partial charge in [-0.3, -0.25) is 9.59 Å². The van der Waals surface area contributed by atoms with Crippen LogP contribution in [-0.2, 0) is 20.9 Å². The van der Waals surface area contributed by atoms with E-state index >= 15 is 0 Å². The Kier molecular flexibility index (Phi) is 7.32. The predicted molar refractivity (Wildman–Crippen MR) is 76.8 cm³/mol. The highest BCUT2D eigenvalue weighted by Crippen LogP contribution is 2.12. The molecule has 0 fully saturated rings. The van der Waals surface area contributed by atoms with Gasteiger partial charge in [0.05, 0.1) is 30.8 Å². The molecule has 1 N–H and O–H groups in total. The van der Waals surface area contributed by atoms with Gasteiger partial charge in [-0.05, 0) is 20.3 Å². The lowest BCUT2D eigenvalue weighted by Gasteiger charge is -2.07. The Balaban J connectivity index is 2.57. The average Bonchev–Trinajstić information content (AvgIpc) is 2.40. The number of carbonyl (C=O) groups is 1. The SMILES string of the molecule is CCCOC(=O)CSc1nc(COC(C)C)cc(=O)[nH]1. The van der Waals surface area contributed by atoms with Crippen LogP contribution >= 0.6 is 11.8 Å². The molecule has 0 saturated heterocycles. The van der Waals surface area contributed by atoms with E-state index < -0.39 is 0 Å². The van der Waals surface area contributed by atoms with Gasteiger partial charge in [0.1, 0.15) is 0 Å². The topological polar surface area (TPSA) is 81.3 Å². The van der Waals surface area contributed by atoms with Gasteiger partial charge in [-0.2, -0.15) is 0 Å². The normalized spacial score (nSPS) is 10.8. The van der Waals surface area contributed by atoms with Crippen LogP contribution in [0, 0.1) is 0 Å². The summed E-state index contributed by atoms with van der Waals surface area (Å²) < 4.78 is 10.3. The van der Waals surface area contributed by atoms with Gasteiger partial charge in [0.15, 0.2) is 5.16 Å². The molecular formula is C13H20N2O4S. The summed E-state index contributed by atoms with van der Waals surface area (Å²) in [6.07, 6.45) is 0.851. The molecule has 0 aliphatic rings. The maximum Gasteiger partial charge on any atom is 0.316 e. The van der Waals surface area contributed by atoms with Crippen LogP contribution in [0.3, 0.4) is 0 Å². The van der Waals surface area contributed by atoms with Crippen LogP contribution in [-0.4, -0.2) is 34.4 Å². The molecule has 0 bridgehead atoms. The summed E-state index contributed by atoms with van der Waals surface area (Å²) in [4.78, 5) is 29.7. The van der Waals surface area contributed by atoms with E-state index in [9.17, 15) is 9.59 Å². The van der Waals surface area contributed by atoms with Gasteiger partial charge in [0.2, 0.25) is 0 Å². The Morgan fingerprint density at radius 2 is 2.25 bits per heavy atom. The van der Waals surface area contributed by atoms with Crippen LogP contribution in [0.1, 0.15) is 32.9 Å². The quantitative estimate of drug-likeness (QED) is 0.447. The van der Waals surface area contributed by atoms with E-state index in [0.29, 0.717) is 17.5 Å². The van der Waals surface area contributed by atoms with Crippen LogP contribution in [0.4, 0.5) is 0 Å². The van der Waals surface area contributed by atoms with Crippen molar-refractivity contribution >= 4 is 17.7 Å². The number of H-pyrrole nitrogens is 1. The zero-order valence-corrected chi connectivity index (χ0v) is 12.8. The van der Waals surface area contributed by atoms with E-state index in [1.165, 1.54) is 6.07 Å². The zero-order valence-electron chi connectivity index (χ0n) is 12.0. The van der Waals surface area contributed by atoms with Crippen LogP contribution in [0.25, 0.3) is 0 Å². The number of aromatic amines is 1. The summed E-state index contributed by atoms with van der Waals surface area (Å²) >= 11 is 1.14. The van der Waals surface area contributed by atoms with Crippen molar-refractivity contribution in [2.24, 2.45) is 0 Å². The van der Waals surface area contributed by atoms with E-state index in [0.717, 1.165) is 18.2 Å². The number of ether oxygens (including phenoxy) is 2. The summed E-state index contributed by atoms with van der Waals surface area (Å²) in [5, 5.41) is 0.397. The minimum Gasteiger partial charge on any atom is -0.465 e. The molecule has 1 aromatic heterocycles. The van der Waals surface area contributed by atoms with Gasteiger partial charge in [0.25, 0.3) is 5.56 Å². The van der Waals surface area contributed by atoms with Gasteiger partial charge in [0, 0.05) is 6.07 Å². The maximum absolute atomic E-state index is 11.5. The highest BCUT2D eigenvalue weighted by Gasteiger charge is 2.07. The highest BCUT2D eigenvalue weighted by molar-refractivity contribution is 7.99. The second-order valence-corrected chi connectivity index (χ2v) is 5.37. The lowest BCUT2D eigenvalue weighted by molar-refractivity contribution is -0.140.